The fraction of sp³-hybridized carbons (Fsp3) is 0.462. The van der Waals surface area contributed by atoms with Crippen LogP contribution in [-0.4, -0.2) is 62.3 Å². The number of benzene rings is 2. The molecule has 2 amide bonds. The minimum Gasteiger partial charge on any atom is -0.454 e. The molecule has 186 valence electrons. The van der Waals surface area contributed by atoms with Crippen molar-refractivity contribution in [3.63, 3.8) is 0 Å². The van der Waals surface area contributed by atoms with Crippen molar-refractivity contribution < 1.29 is 23.5 Å². The Labute approximate surface area is 204 Å². The van der Waals surface area contributed by atoms with E-state index < -0.39 is 11.8 Å². The van der Waals surface area contributed by atoms with Crippen molar-refractivity contribution in [3.8, 4) is 11.5 Å². The molecule has 0 unspecified atom stereocenters. The summed E-state index contributed by atoms with van der Waals surface area (Å²) in [5.74, 6) is -0.0631. The number of amides is 2. The first-order valence-corrected chi connectivity index (χ1v) is 12.3. The summed E-state index contributed by atoms with van der Waals surface area (Å²) in [6.45, 7) is 3.12. The lowest BCUT2D eigenvalue weighted by Gasteiger charge is -2.40. The number of rotatable bonds is 6. The predicted octanol–water partition coefficient (Wildman–Crippen LogP) is 2.59. The van der Waals surface area contributed by atoms with Crippen molar-refractivity contribution in [2.75, 3.05) is 44.4 Å². The van der Waals surface area contributed by atoms with E-state index in [9.17, 15) is 14.0 Å². The van der Waals surface area contributed by atoms with E-state index in [4.69, 9.17) is 9.47 Å². The van der Waals surface area contributed by atoms with Gasteiger partial charge in [-0.15, -0.1) is 0 Å². The Bertz CT molecular complexity index is 1070. The first-order chi connectivity index (χ1) is 17.1. The molecule has 2 aromatic carbocycles. The summed E-state index contributed by atoms with van der Waals surface area (Å²) in [7, 11) is 0. The maximum atomic E-state index is 14.3. The topological polar surface area (TPSA) is 83.1 Å². The van der Waals surface area contributed by atoms with E-state index >= 15 is 0 Å². The predicted molar refractivity (Wildman–Crippen MR) is 129 cm³/mol. The van der Waals surface area contributed by atoms with Crippen LogP contribution in [-0.2, 0) is 9.59 Å². The van der Waals surface area contributed by atoms with Crippen molar-refractivity contribution in [2.24, 2.45) is 0 Å². The highest BCUT2D eigenvalue weighted by molar-refractivity contribution is 6.35. The lowest BCUT2D eigenvalue weighted by atomic mass is 10.0. The molecular weight excluding hydrogens is 451 g/mol. The summed E-state index contributed by atoms with van der Waals surface area (Å²) in [6.07, 6.45) is 4.01. The molecule has 0 spiro atoms. The molecule has 2 aliphatic heterocycles. The van der Waals surface area contributed by atoms with Gasteiger partial charge in [-0.1, -0.05) is 31.0 Å². The van der Waals surface area contributed by atoms with Gasteiger partial charge in [-0.3, -0.25) is 14.5 Å². The van der Waals surface area contributed by atoms with Crippen LogP contribution in [0.3, 0.4) is 0 Å². The number of para-hydroxylation sites is 1. The van der Waals surface area contributed by atoms with E-state index in [1.807, 2.05) is 29.2 Å². The average molecular weight is 483 g/mol. The SMILES string of the molecule is O=C(NC[C@H](c1ccc2c(c1)OCO2)N1CCN(c2ccccc2F)CC1)C(=O)NC1CCCC1. The van der Waals surface area contributed by atoms with Gasteiger partial charge in [0.15, 0.2) is 11.5 Å². The van der Waals surface area contributed by atoms with Crippen molar-refractivity contribution in [3.05, 3.63) is 53.8 Å². The summed E-state index contributed by atoms with van der Waals surface area (Å²) < 4.78 is 25.3. The zero-order chi connectivity index (χ0) is 24.2. The van der Waals surface area contributed by atoms with Crippen LogP contribution in [0.5, 0.6) is 11.5 Å². The number of hydrogen-bond donors (Lipinski definition) is 2. The number of halogens is 1. The molecular formula is C26H31FN4O4. The maximum absolute atomic E-state index is 14.3. The molecule has 8 nitrogen and oxygen atoms in total. The second-order valence-electron chi connectivity index (χ2n) is 9.27. The van der Waals surface area contributed by atoms with Crippen LogP contribution >= 0.6 is 0 Å². The molecule has 5 rings (SSSR count). The fourth-order valence-corrected chi connectivity index (χ4v) is 5.15. The first kappa shape index (κ1) is 23.4. The lowest BCUT2D eigenvalue weighted by molar-refractivity contribution is -0.139. The molecule has 1 saturated heterocycles. The van der Waals surface area contributed by atoms with Gasteiger partial charge in [-0.2, -0.15) is 0 Å². The van der Waals surface area contributed by atoms with Crippen LogP contribution in [0.25, 0.3) is 0 Å². The zero-order valence-corrected chi connectivity index (χ0v) is 19.7. The molecule has 2 fully saturated rings. The van der Waals surface area contributed by atoms with Crippen LogP contribution in [0.1, 0.15) is 37.3 Å². The minimum absolute atomic E-state index is 0.0874. The number of carbonyl (C=O) groups is 2. The van der Waals surface area contributed by atoms with Crippen LogP contribution in [0.4, 0.5) is 10.1 Å². The van der Waals surface area contributed by atoms with Gasteiger partial charge in [0.25, 0.3) is 0 Å². The first-order valence-electron chi connectivity index (χ1n) is 12.3. The van der Waals surface area contributed by atoms with Gasteiger partial charge in [-0.05, 0) is 42.7 Å². The van der Waals surface area contributed by atoms with Gasteiger partial charge in [0.1, 0.15) is 5.82 Å². The minimum atomic E-state index is -0.618. The van der Waals surface area contributed by atoms with Crippen LogP contribution < -0.4 is 25.0 Å². The molecule has 9 heteroatoms. The second kappa shape index (κ2) is 10.5. The Morgan fingerprint density at radius 1 is 0.971 bits per heavy atom. The molecule has 1 aliphatic carbocycles. The van der Waals surface area contributed by atoms with Gasteiger partial charge in [0.05, 0.1) is 11.7 Å². The zero-order valence-electron chi connectivity index (χ0n) is 19.7. The third-order valence-corrected chi connectivity index (χ3v) is 7.08. The van der Waals surface area contributed by atoms with Crippen LogP contribution in [0.15, 0.2) is 42.5 Å². The normalized spacial score (nSPS) is 18.9. The molecule has 1 atom stereocenters. The van der Waals surface area contributed by atoms with E-state index in [0.29, 0.717) is 43.4 Å². The number of hydrogen-bond acceptors (Lipinski definition) is 6. The van der Waals surface area contributed by atoms with Crippen LogP contribution in [0, 0.1) is 5.82 Å². The number of ether oxygens (including phenoxy) is 2. The highest BCUT2D eigenvalue weighted by atomic mass is 19.1. The number of fused-ring (bicyclic) bond motifs is 1. The molecule has 35 heavy (non-hydrogen) atoms. The monoisotopic (exact) mass is 482 g/mol. The third kappa shape index (κ3) is 5.35. The van der Waals surface area contributed by atoms with E-state index in [1.165, 1.54) is 6.07 Å². The van der Waals surface area contributed by atoms with Crippen molar-refractivity contribution in [1.29, 1.82) is 0 Å². The third-order valence-electron chi connectivity index (χ3n) is 7.08. The molecule has 0 radical (unpaired) electrons. The molecule has 2 N–H and O–H groups in total. The van der Waals surface area contributed by atoms with Gasteiger partial charge >= 0.3 is 11.8 Å². The standard InChI is InChI=1S/C26H31FN4O4/c27-20-7-3-4-8-21(20)30-11-13-31(14-12-30)22(18-9-10-23-24(15-18)35-17-34-23)16-28-25(32)26(33)29-19-5-1-2-6-19/h3-4,7-10,15,19,22H,1-2,5-6,11-14,16-17H2,(H,28,32)(H,29,33)/t22-/m1/s1. The summed E-state index contributed by atoms with van der Waals surface area (Å²) in [6, 6.07) is 12.5. The fourth-order valence-electron chi connectivity index (χ4n) is 5.15. The summed E-state index contributed by atoms with van der Waals surface area (Å²) >= 11 is 0. The summed E-state index contributed by atoms with van der Waals surface area (Å²) in [5, 5.41) is 5.68. The van der Waals surface area contributed by atoms with Gasteiger partial charge in [0.2, 0.25) is 6.79 Å². The molecule has 1 saturated carbocycles. The summed E-state index contributed by atoms with van der Waals surface area (Å²) in [4.78, 5) is 29.3. The molecule has 0 aromatic heterocycles. The Kier molecular flexibility index (Phi) is 7.03. The van der Waals surface area contributed by atoms with E-state index in [-0.39, 0.29) is 31.2 Å². The van der Waals surface area contributed by atoms with E-state index in [0.717, 1.165) is 31.2 Å². The van der Waals surface area contributed by atoms with Crippen molar-refractivity contribution >= 4 is 17.5 Å². The van der Waals surface area contributed by atoms with Gasteiger partial charge in [-0.25, -0.2) is 4.39 Å². The highest BCUT2D eigenvalue weighted by Gasteiger charge is 2.29. The Morgan fingerprint density at radius 2 is 1.71 bits per heavy atom. The van der Waals surface area contributed by atoms with Crippen molar-refractivity contribution in [1.82, 2.24) is 15.5 Å². The van der Waals surface area contributed by atoms with Gasteiger partial charge < -0.3 is 25.0 Å². The number of anilines is 1. The average Bonchev–Trinajstić information content (AvgIpc) is 3.56. The second-order valence-corrected chi connectivity index (χ2v) is 9.27. The number of carbonyl (C=O) groups excluding carboxylic acids is 2. The molecule has 2 aromatic rings. The molecule has 2 heterocycles. The molecule has 3 aliphatic rings. The van der Waals surface area contributed by atoms with Gasteiger partial charge in [0, 0.05) is 38.8 Å². The smallest absolute Gasteiger partial charge is 0.309 e. The Balaban J connectivity index is 1.27. The van der Waals surface area contributed by atoms with Crippen LogP contribution in [0.2, 0.25) is 0 Å². The number of nitrogens with zero attached hydrogens (tertiary/aromatic N) is 2. The largest absolute Gasteiger partial charge is 0.454 e. The van der Waals surface area contributed by atoms with E-state index in [1.54, 1.807) is 12.1 Å². The number of piperazine rings is 1. The number of nitrogens with one attached hydrogen (secondary N) is 2. The van der Waals surface area contributed by atoms with Crippen molar-refractivity contribution in [2.45, 2.75) is 37.8 Å². The Hall–Kier alpha value is -3.33. The quantitative estimate of drug-likeness (QED) is 0.616. The molecule has 0 bridgehead atoms. The lowest BCUT2D eigenvalue weighted by Crippen LogP contribution is -2.51. The Morgan fingerprint density at radius 3 is 2.49 bits per heavy atom. The van der Waals surface area contributed by atoms with E-state index in [2.05, 4.69) is 15.5 Å². The maximum Gasteiger partial charge on any atom is 0.309 e. The highest BCUT2D eigenvalue weighted by Crippen LogP contribution is 2.36. The summed E-state index contributed by atoms with van der Waals surface area (Å²) in [5.41, 5.74) is 1.56.